The Kier molecular flexibility index (Phi) is 9.19. The molecule has 52 heavy (non-hydrogen) atoms. The summed E-state index contributed by atoms with van der Waals surface area (Å²) in [6.45, 7) is 5.79. The van der Waals surface area contributed by atoms with Crippen LogP contribution in [0.25, 0.3) is 11.4 Å². The molecule has 3 N–H and O–H groups in total. The van der Waals surface area contributed by atoms with Crippen LogP contribution in [0, 0.1) is 12.3 Å². The van der Waals surface area contributed by atoms with Crippen LogP contribution in [0.4, 0.5) is 24.5 Å². The van der Waals surface area contributed by atoms with Gasteiger partial charge in [-0.1, -0.05) is 24.6 Å². The van der Waals surface area contributed by atoms with Crippen LogP contribution in [0.2, 0.25) is 5.02 Å². The predicted molar refractivity (Wildman–Crippen MR) is 185 cm³/mol. The summed E-state index contributed by atoms with van der Waals surface area (Å²) in [4.78, 5) is 57.1. The molecule has 3 aromatic heterocycles. The van der Waals surface area contributed by atoms with Crippen molar-refractivity contribution in [2.45, 2.75) is 52.3 Å². The van der Waals surface area contributed by atoms with Crippen molar-refractivity contribution in [1.29, 1.82) is 0 Å². The summed E-state index contributed by atoms with van der Waals surface area (Å²) in [5, 5.41) is 20.7. The molecule has 2 amide bonds. The van der Waals surface area contributed by atoms with Gasteiger partial charge in [-0.15, -0.1) is 5.10 Å². The Balaban J connectivity index is 1.23. The second kappa shape index (κ2) is 13.5. The molecule has 18 heteroatoms. The van der Waals surface area contributed by atoms with Crippen LogP contribution in [0.5, 0.6) is 5.75 Å². The number of amides is 2. The smallest absolute Gasteiger partial charge is 0.416 e. The van der Waals surface area contributed by atoms with Crippen molar-refractivity contribution < 1.29 is 27.9 Å². The number of carbonyl (C=O) groups excluding carboxylic acids is 2. The molecule has 5 heterocycles. The quantitative estimate of drug-likeness (QED) is 0.255. The van der Waals surface area contributed by atoms with Crippen molar-refractivity contribution in [1.82, 2.24) is 39.3 Å². The SMILES string of the molecule is CCc1c(N2CCN(C(=O)c3ncnc(C)c3O)CC2)c(=O)n2nc(C3=CC4(CCNCC4)C3)nc2n1CC(=O)Nc1ccc(C(F)(F)F)cc1Cl. The number of allylic oxidation sites excluding steroid dienone is 2. The second-order valence-corrected chi connectivity index (χ2v) is 13.7. The molecule has 2 saturated heterocycles. The number of halogens is 4. The minimum atomic E-state index is -4.61. The van der Waals surface area contributed by atoms with Crippen molar-refractivity contribution in [3.63, 3.8) is 0 Å². The van der Waals surface area contributed by atoms with Gasteiger partial charge in [-0.3, -0.25) is 14.4 Å². The van der Waals surface area contributed by atoms with E-state index in [4.69, 9.17) is 16.6 Å². The molecule has 14 nitrogen and oxygen atoms in total. The van der Waals surface area contributed by atoms with E-state index in [1.807, 2.05) is 11.8 Å². The fraction of sp³-hybridized carbons (Fsp3) is 0.441. The van der Waals surface area contributed by atoms with Gasteiger partial charge in [0.25, 0.3) is 11.5 Å². The first-order valence-electron chi connectivity index (χ1n) is 17.0. The van der Waals surface area contributed by atoms with Crippen molar-refractivity contribution in [2.24, 2.45) is 5.41 Å². The number of rotatable bonds is 7. The standard InChI is InChI=1S/C34H36ClF3N10O4/c1-3-24-27(45-10-12-46(13-11-45)30(51)26-28(50)19(2)40-18-41-26)31(52)48-32(43-29(44-48)20-15-33(16-20)6-8-39-9-7-33)47(24)17-25(49)42-23-5-4-21(14-22(23)35)34(36,37)38/h4-5,14-15,18,39,50H,3,6-13,16-17H2,1-2H3,(H,42,49). The molecular weight excluding hydrogens is 705 g/mol. The van der Waals surface area contributed by atoms with Crippen molar-refractivity contribution in [2.75, 3.05) is 49.5 Å². The number of benzene rings is 1. The van der Waals surface area contributed by atoms with E-state index in [1.165, 1.54) is 15.7 Å². The summed E-state index contributed by atoms with van der Waals surface area (Å²) >= 11 is 6.14. The van der Waals surface area contributed by atoms with E-state index in [2.05, 4.69) is 31.8 Å². The molecule has 0 radical (unpaired) electrons. The highest BCUT2D eigenvalue weighted by Gasteiger charge is 2.40. The van der Waals surface area contributed by atoms with Crippen molar-refractivity contribution >= 4 is 46.1 Å². The molecule has 3 aliphatic rings. The summed E-state index contributed by atoms with van der Waals surface area (Å²) in [5.41, 5.74) is 0.532. The second-order valence-electron chi connectivity index (χ2n) is 13.3. The van der Waals surface area contributed by atoms with Gasteiger partial charge in [0.2, 0.25) is 11.7 Å². The molecule has 2 fully saturated rings. The van der Waals surface area contributed by atoms with Gasteiger partial charge in [-0.05, 0) is 74.9 Å². The largest absolute Gasteiger partial charge is 0.504 e. The summed E-state index contributed by atoms with van der Waals surface area (Å²) in [5.74, 6) is -0.835. The van der Waals surface area contributed by atoms with Crippen LogP contribution in [-0.2, 0) is 23.9 Å². The van der Waals surface area contributed by atoms with Gasteiger partial charge in [0.05, 0.1) is 27.7 Å². The lowest BCUT2D eigenvalue weighted by Crippen LogP contribution is -2.51. The molecule has 0 bridgehead atoms. The van der Waals surface area contributed by atoms with Crippen molar-refractivity contribution in [3.05, 3.63) is 74.4 Å². The van der Waals surface area contributed by atoms with E-state index in [9.17, 15) is 32.7 Å². The number of hydrogen-bond acceptors (Lipinski definition) is 10. The van der Waals surface area contributed by atoms with Gasteiger partial charge >= 0.3 is 6.18 Å². The molecule has 4 aromatic rings. The first kappa shape index (κ1) is 35.4. The number of aromatic hydroxyl groups is 1. The Morgan fingerprint density at radius 2 is 1.83 bits per heavy atom. The zero-order valence-electron chi connectivity index (χ0n) is 28.4. The fourth-order valence-electron chi connectivity index (χ4n) is 7.21. The van der Waals surface area contributed by atoms with E-state index in [-0.39, 0.29) is 77.5 Å². The Bertz CT molecular complexity index is 2170. The summed E-state index contributed by atoms with van der Waals surface area (Å²) in [6, 6.07) is 2.67. The Labute approximate surface area is 300 Å². The number of nitrogens with one attached hydrogen (secondary N) is 2. The highest BCUT2D eigenvalue weighted by atomic mass is 35.5. The van der Waals surface area contributed by atoms with Gasteiger partial charge in [0.15, 0.2) is 17.3 Å². The van der Waals surface area contributed by atoms with E-state index < -0.39 is 29.1 Å². The zero-order valence-corrected chi connectivity index (χ0v) is 29.2. The number of aromatic nitrogens is 6. The number of aryl methyl sites for hydroxylation is 1. The topological polar surface area (TPSA) is 163 Å². The third-order valence-corrected chi connectivity index (χ3v) is 10.3. The van der Waals surface area contributed by atoms with Crippen LogP contribution in [-0.4, -0.2) is 90.2 Å². The van der Waals surface area contributed by atoms with E-state index in [0.29, 0.717) is 17.9 Å². The fourth-order valence-corrected chi connectivity index (χ4v) is 7.43. The number of piperidine rings is 1. The van der Waals surface area contributed by atoms with Gasteiger partial charge in [0, 0.05) is 26.2 Å². The molecular formula is C34H36ClF3N10O4. The van der Waals surface area contributed by atoms with Gasteiger partial charge < -0.3 is 30.1 Å². The highest BCUT2D eigenvalue weighted by molar-refractivity contribution is 6.33. The number of piperazine rings is 1. The third-order valence-electron chi connectivity index (χ3n) is 10.0. The van der Waals surface area contributed by atoms with Gasteiger partial charge in [0.1, 0.15) is 18.6 Å². The zero-order chi connectivity index (χ0) is 36.9. The molecule has 1 aliphatic carbocycles. The Morgan fingerprint density at radius 3 is 2.48 bits per heavy atom. The molecule has 274 valence electrons. The van der Waals surface area contributed by atoms with E-state index in [1.54, 1.807) is 11.5 Å². The number of anilines is 2. The van der Waals surface area contributed by atoms with Gasteiger partial charge in [-0.25, -0.2) is 9.97 Å². The van der Waals surface area contributed by atoms with E-state index in [0.717, 1.165) is 56.1 Å². The van der Waals surface area contributed by atoms with Crippen LogP contribution < -0.4 is 21.1 Å². The Morgan fingerprint density at radius 1 is 1.12 bits per heavy atom. The van der Waals surface area contributed by atoms with Crippen LogP contribution >= 0.6 is 11.6 Å². The first-order valence-corrected chi connectivity index (χ1v) is 17.3. The molecule has 7 rings (SSSR count). The Hall–Kier alpha value is -5.03. The summed E-state index contributed by atoms with van der Waals surface area (Å²) in [7, 11) is 0. The molecule has 0 atom stereocenters. The number of hydrogen-bond donors (Lipinski definition) is 3. The van der Waals surface area contributed by atoms with Crippen LogP contribution in [0.1, 0.15) is 59.5 Å². The average molecular weight is 741 g/mol. The number of carbonyl (C=O) groups is 2. The first-order chi connectivity index (χ1) is 24.8. The molecule has 1 spiro atoms. The lowest BCUT2D eigenvalue weighted by molar-refractivity contribution is -0.137. The van der Waals surface area contributed by atoms with E-state index >= 15 is 0 Å². The summed E-state index contributed by atoms with van der Waals surface area (Å²) < 4.78 is 42.5. The minimum absolute atomic E-state index is 0.00485. The van der Waals surface area contributed by atoms with Crippen LogP contribution in [0.15, 0.2) is 35.4 Å². The van der Waals surface area contributed by atoms with Crippen molar-refractivity contribution in [3.8, 4) is 5.75 Å². The maximum absolute atomic E-state index is 14.3. The number of alkyl halides is 3. The minimum Gasteiger partial charge on any atom is -0.504 e. The normalized spacial score (nSPS) is 17.3. The van der Waals surface area contributed by atoms with Crippen LogP contribution in [0.3, 0.4) is 0 Å². The third kappa shape index (κ3) is 6.46. The maximum Gasteiger partial charge on any atom is 0.416 e. The molecule has 1 aromatic carbocycles. The maximum atomic E-state index is 14.3. The monoisotopic (exact) mass is 740 g/mol. The molecule has 0 saturated carbocycles. The highest BCUT2D eigenvalue weighted by Crippen LogP contribution is 2.49. The number of fused-ring (bicyclic) bond motifs is 1. The molecule has 0 unspecified atom stereocenters. The predicted octanol–water partition coefficient (Wildman–Crippen LogP) is 3.69. The summed E-state index contributed by atoms with van der Waals surface area (Å²) in [6.07, 6.45) is 1.82. The lowest BCUT2D eigenvalue weighted by atomic mass is 9.65. The number of nitrogens with zero attached hydrogens (tertiary/aromatic N) is 8. The lowest BCUT2D eigenvalue weighted by Gasteiger charge is -2.42. The van der Waals surface area contributed by atoms with Gasteiger partial charge in [-0.2, -0.15) is 22.7 Å². The molecule has 2 aliphatic heterocycles. The average Bonchev–Trinajstić information content (AvgIpc) is 3.56.